The predicted octanol–water partition coefficient (Wildman–Crippen LogP) is 3.42. The summed E-state index contributed by atoms with van der Waals surface area (Å²) in [6, 6.07) is 0. The maximum atomic E-state index is 6.51. The summed E-state index contributed by atoms with van der Waals surface area (Å²) in [4.78, 5) is 13.5. The molecule has 2 aromatic heterocycles. The van der Waals surface area contributed by atoms with Crippen molar-refractivity contribution in [1.29, 1.82) is 0 Å². The largest absolute Gasteiger partial charge is 0.414 e. The first-order valence-electron chi connectivity index (χ1n) is 12.2. The summed E-state index contributed by atoms with van der Waals surface area (Å²) >= 11 is 0. The molecular weight excluding hydrogens is 452 g/mol. The van der Waals surface area contributed by atoms with E-state index in [1.807, 2.05) is 18.4 Å². The monoisotopic (exact) mass is 492 g/mol. The van der Waals surface area contributed by atoms with Gasteiger partial charge in [-0.3, -0.25) is 4.57 Å². The van der Waals surface area contributed by atoms with Gasteiger partial charge >= 0.3 is 0 Å². The van der Waals surface area contributed by atoms with Gasteiger partial charge in [0, 0.05) is 6.54 Å². The summed E-state index contributed by atoms with van der Waals surface area (Å²) in [5.41, 5.74) is 7.00. The van der Waals surface area contributed by atoms with Crippen molar-refractivity contribution in [2.45, 2.75) is 95.9 Å². The van der Waals surface area contributed by atoms with Crippen LogP contribution in [0.15, 0.2) is 12.7 Å². The molecule has 2 fully saturated rings. The highest BCUT2D eigenvalue weighted by Crippen LogP contribution is 2.45. The number of aromatic nitrogens is 4. The zero-order valence-corrected chi connectivity index (χ0v) is 22.5. The van der Waals surface area contributed by atoms with E-state index in [1.165, 1.54) is 0 Å². The molecule has 2 saturated heterocycles. The highest BCUT2D eigenvalue weighted by molar-refractivity contribution is 6.74. The minimum Gasteiger partial charge on any atom is -0.414 e. The van der Waals surface area contributed by atoms with Crippen molar-refractivity contribution in [2.75, 3.05) is 25.0 Å². The number of nitrogens with one attached hydrogen (secondary N) is 1. The van der Waals surface area contributed by atoms with Crippen molar-refractivity contribution in [3.05, 3.63) is 12.7 Å². The zero-order chi connectivity index (χ0) is 24.7. The second-order valence-corrected chi connectivity index (χ2v) is 16.0. The van der Waals surface area contributed by atoms with Crippen LogP contribution < -0.4 is 11.1 Å². The quantitative estimate of drug-likeness (QED) is 0.401. The molecule has 4 heterocycles. The molecular formula is C23H40N6O4Si. The Bertz CT molecular complexity index is 991. The van der Waals surface area contributed by atoms with Crippen LogP contribution in [0.1, 0.15) is 53.7 Å². The fourth-order valence-corrected chi connectivity index (χ4v) is 5.18. The maximum Gasteiger partial charge on any atom is 0.192 e. The highest BCUT2D eigenvalue weighted by atomic mass is 28.4. The van der Waals surface area contributed by atoms with Crippen LogP contribution in [0.3, 0.4) is 0 Å². The van der Waals surface area contributed by atoms with E-state index in [0.29, 0.717) is 30.1 Å². The van der Waals surface area contributed by atoms with E-state index in [1.54, 1.807) is 12.7 Å². The molecule has 34 heavy (non-hydrogen) atoms. The first kappa shape index (κ1) is 25.5. The number of anilines is 1. The summed E-state index contributed by atoms with van der Waals surface area (Å²) in [5.74, 6) is 0.00487. The van der Waals surface area contributed by atoms with Crippen molar-refractivity contribution in [1.82, 2.24) is 19.5 Å². The number of hydrogen-bond donors (Lipinski definition) is 2. The van der Waals surface area contributed by atoms with Gasteiger partial charge in [-0.2, -0.15) is 0 Å². The lowest BCUT2D eigenvalue weighted by molar-refractivity contribution is -0.199. The van der Waals surface area contributed by atoms with Gasteiger partial charge in [0.2, 0.25) is 0 Å². The van der Waals surface area contributed by atoms with E-state index in [0.717, 1.165) is 19.4 Å². The number of unbranched alkanes of at least 4 members (excludes halogenated alkanes) is 1. The molecule has 10 nitrogen and oxygen atoms in total. The molecule has 0 bridgehead atoms. The summed E-state index contributed by atoms with van der Waals surface area (Å²) in [5, 5.41) is 3.46. The predicted molar refractivity (Wildman–Crippen MR) is 133 cm³/mol. The molecule has 2 aliphatic heterocycles. The van der Waals surface area contributed by atoms with Gasteiger partial charge in [0.1, 0.15) is 24.6 Å². The Hall–Kier alpha value is -1.63. The number of hydrogen-bond acceptors (Lipinski definition) is 9. The third-order valence-corrected chi connectivity index (χ3v) is 11.6. The Labute approximate surface area is 203 Å². The SMILES string of the molecule is CC1(C)O[C@@H]2[C@H](O1)[C@@H](CO[Si](C)(C)C(C)(C)C)O[C@H]2n1cnc2c(NCCCCN)ncnc21. The second kappa shape index (κ2) is 9.44. The Balaban J connectivity index is 1.56. The van der Waals surface area contributed by atoms with Gasteiger partial charge in [0.15, 0.2) is 37.3 Å². The summed E-state index contributed by atoms with van der Waals surface area (Å²) in [6.07, 6.45) is 4.01. The third kappa shape index (κ3) is 5.00. The molecule has 2 aliphatic rings. The molecule has 0 unspecified atom stereocenters. The molecule has 3 N–H and O–H groups in total. The van der Waals surface area contributed by atoms with Gasteiger partial charge in [0.05, 0.1) is 12.9 Å². The van der Waals surface area contributed by atoms with Crippen molar-refractivity contribution in [3.8, 4) is 0 Å². The minimum atomic E-state index is -1.94. The van der Waals surface area contributed by atoms with Crippen molar-refractivity contribution in [2.24, 2.45) is 5.73 Å². The number of nitrogens with zero attached hydrogens (tertiary/aromatic N) is 4. The minimum absolute atomic E-state index is 0.113. The van der Waals surface area contributed by atoms with E-state index < -0.39 is 20.3 Å². The highest BCUT2D eigenvalue weighted by Gasteiger charge is 2.56. The van der Waals surface area contributed by atoms with Gasteiger partial charge in [0.25, 0.3) is 0 Å². The molecule has 190 valence electrons. The van der Waals surface area contributed by atoms with Crippen LogP contribution in [0.2, 0.25) is 18.1 Å². The Morgan fingerprint density at radius 1 is 1.15 bits per heavy atom. The summed E-state index contributed by atoms with van der Waals surface area (Å²) in [6.45, 7) is 17.0. The van der Waals surface area contributed by atoms with Crippen molar-refractivity contribution < 1.29 is 18.6 Å². The Morgan fingerprint density at radius 2 is 1.88 bits per heavy atom. The molecule has 0 spiro atoms. The number of nitrogens with two attached hydrogens (primary N) is 1. The fraction of sp³-hybridized carbons (Fsp3) is 0.783. The van der Waals surface area contributed by atoms with Crippen LogP contribution in [0.5, 0.6) is 0 Å². The van der Waals surface area contributed by atoms with E-state index in [9.17, 15) is 0 Å². The lowest BCUT2D eigenvalue weighted by atomic mass is 10.1. The molecule has 2 aromatic rings. The van der Waals surface area contributed by atoms with Crippen LogP contribution in [0.25, 0.3) is 11.2 Å². The van der Waals surface area contributed by atoms with Gasteiger partial charge < -0.3 is 29.7 Å². The first-order valence-corrected chi connectivity index (χ1v) is 15.1. The Morgan fingerprint density at radius 3 is 2.59 bits per heavy atom. The molecule has 0 saturated carbocycles. The number of fused-ring (bicyclic) bond motifs is 2. The second-order valence-electron chi connectivity index (χ2n) is 11.2. The van der Waals surface area contributed by atoms with Gasteiger partial charge in [-0.25, -0.2) is 15.0 Å². The molecule has 0 radical (unpaired) electrons. The molecule has 4 atom stereocenters. The average molecular weight is 493 g/mol. The van der Waals surface area contributed by atoms with Crippen LogP contribution in [0.4, 0.5) is 5.82 Å². The summed E-state index contributed by atoms with van der Waals surface area (Å²) < 4.78 is 27.5. The topological polar surface area (TPSA) is 119 Å². The maximum absolute atomic E-state index is 6.51. The first-order chi connectivity index (χ1) is 15.9. The van der Waals surface area contributed by atoms with Gasteiger partial charge in [-0.05, 0) is 51.4 Å². The van der Waals surface area contributed by atoms with Crippen LogP contribution >= 0.6 is 0 Å². The number of ether oxygens (including phenoxy) is 3. The van der Waals surface area contributed by atoms with Crippen LogP contribution in [0, 0.1) is 0 Å². The lowest BCUT2D eigenvalue weighted by Gasteiger charge is -2.37. The third-order valence-electron chi connectivity index (χ3n) is 7.10. The number of imidazole rings is 1. The van der Waals surface area contributed by atoms with Crippen LogP contribution in [-0.2, 0) is 18.6 Å². The van der Waals surface area contributed by atoms with Gasteiger partial charge in [-0.1, -0.05) is 20.8 Å². The number of rotatable bonds is 9. The molecule has 4 rings (SSSR count). The fourth-order valence-electron chi connectivity index (χ4n) is 4.17. The van der Waals surface area contributed by atoms with Crippen molar-refractivity contribution >= 4 is 25.3 Å². The molecule has 0 aliphatic carbocycles. The average Bonchev–Trinajstić information content (AvgIpc) is 3.40. The van der Waals surface area contributed by atoms with Gasteiger partial charge in [-0.15, -0.1) is 0 Å². The van der Waals surface area contributed by atoms with Crippen molar-refractivity contribution in [3.63, 3.8) is 0 Å². The normalized spacial score (nSPS) is 26.8. The van der Waals surface area contributed by atoms with E-state index in [4.69, 9.17) is 24.4 Å². The smallest absolute Gasteiger partial charge is 0.192 e. The molecule has 0 aromatic carbocycles. The summed E-state index contributed by atoms with van der Waals surface area (Å²) in [7, 11) is -1.94. The lowest BCUT2D eigenvalue weighted by Crippen LogP contribution is -2.44. The molecule has 11 heteroatoms. The zero-order valence-electron chi connectivity index (χ0n) is 21.5. The van der Waals surface area contributed by atoms with E-state index in [-0.39, 0.29) is 23.4 Å². The van der Waals surface area contributed by atoms with Crippen LogP contribution in [-0.4, -0.2) is 71.6 Å². The molecule has 0 amide bonds. The Kier molecular flexibility index (Phi) is 7.07. The standard InChI is InChI=1S/C23H40N6O4Si/c1-22(2,3)34(6,7)30-12-15-17-18(33-23(4,5)32-17)21(31-15)29-14-28-16-19(25-11-9-8-10-24)26-13-27-20(16)29/h13-15,17-18,21H,8-12,24H2,1-7H3,(H,25,26,27)/t15-,17-,18-,21-/m1/s1. The van der Waals surface area contributed by atoms with E-state index >= 15 is 0 Å². The van der Waals surface area contributed by atoms with E-state index in [2.05, 4.69) is 54.1 Å².